The van der Waals surface area contributed by atoms with Gasteiger partial charge in [0.05, 0.1) is 6.54 Å². The summed E-state index contributed by atoms with van der Waals surface area (Å²) in [5.74, 6) is 0.795. The number of piperazine rings is 1. The van der Waals surface area contributed by atoms with Crippen molar-refractivity contribution < 1.29 is 8.91 Å². The lowest BCUT2D eigenvalue weighted by molar-refractivity contribution is 0.215. The Labute approximate surface area is 142 Å². The molecule has 1 aromatic carbocycles. The van der Waals surface area contributed by atoms with Gasteiger partial charge in [0.1, 0.15) is 5.82 Å². The first-order valence-corrected chi connectivity index (χ1v) is 8.61. The second-order valence-electron chi connectivity index (χ2n) is 5.60. The van der Waals surface area contributed by atoms with Crippen LogP contribution in [0.5, 0.6) is 0 Å². The molecule has 0 saturated carbocycles. The van der Waals surface area contributed by atoms with E-state index < -0.39 is 0 Å². The highest BCUT2D eigenvalue weighted by Crippen LogP contribution is 2.20. The van der Waals surface area contributed by atoms with Crippen molar-refractivity contribution in [2.75, 3.05) is 31.1 Å². The molecule has 24 heavy (non-hydrogen) atoms. The molecule has 4 rings (SSSR count). The Kier molecular flexibility index (Phi) is 4.22. The van der Waals surface area contributed by atoms with Crippen LogP contribution >= 0.6 is 11.3 Å². The minimum Gasteiger partial charge on any atom is -0.346 e. The molecule has 1 fully saturated rings. The summed E-state index contributed by atoms with van der Waals surface area (Å²) in [5.41, 5.74) is 0.750. The van der Waals surface area contributed by atoms with Crippen molar-refractivity contribution in [3.8, 4) is 11.4 Å². The van der Waals surface area contributed by atoms with E-state index in [9.17, 15) is 4.39 Å². The largest absolute Gasteiger partial charge is 0.346 e. The van der Waals surface area contributed by atoms with Crippen LogP contribution in [0, 0.1) is 5.82 Å². The molecule has 0 aliphatic carbocycles. The number of hydrogen-bond donors (Lipinski definition) is 0. The van der Waals surface area contributed by atoms with E-state index in [2.05, 4.69) is 24.9 Å². The van der Waals surface area contributed by atoms with Crippen LogP contribution in [0.25, 0.3) is 11.4 Å². The summed E-state index contributed by atoms with van der Waals surface area (Å²) in [5, 5.41) is 7.06. The minimum absolute atomic E-state index is 0.277. The number of thiazole rings is 1. The quantitative estimate of drug-likeness (QED) is 0.725. The summed E-state index contributed by atoms with van der Waals surface area (Å²) >= 11 is 1.67. The average Bonchev–Trinajstić information content (AvgIpc) is 3.28. The fourth-order valence-electron chi connectivity index (χ4n) is 2.70. The molecular weight excluding hydrogens is 329 g/mol. The van der Waals surface area contributed by atoms with Crippen LogP contribution < -0.4 is 4.90 Å². The molecule has 0 N–H and O–H groups in total. The topological polar surface area (TPSA) is 58.3 Å². The van der Waals surface area contributed by atoms with Gasteiger partial charge in [-0.3, -0.25) is 4.90 Å². The lowest BCUT2D eigenvalue weighted by atomic mass is 10.2. The zero-order valence-corrected chi connectivity index (χ0v) is 13.7. The zero-order chi connectivity index (χ0) is 16.4. The van der Waals surface area contributed by atoms with Crippen molar-refractivity contribution in [2.24, 2.45) is 0 Å². The first-order chi connectivity index (χ1) is 11.8. The number of nitrogens with zero attached hydrogens (tertiary/aromatic N) is 5. The van der Waals surface area contributed by atoms with Gasteiger partial charge < -0.3 is 9.42 Å². The third-order valence-corrected chi connectivity index (χ3v) is 4.82. The highest BCUT2D eigenvalue weighted by Gasteiger charge is 2.20. The van der Waals surface area contributed by atoms with Crippen LogP contribution in [0.4, 0.5) is 9.52 Å². The van der Waals surface area contributed by atoms with Gasteiger partial charge in [0, 0.05) is 43.3 Å². The zero-order valence-electron chi connectivity index (χ0n) is 12.9. The Morgan fingerprint density at radius 3 is 2.62 bits per heavy atom. The van der Waals surface area contributed by atoms with Crippen molar-refractivity contribution in [3.63, 3.8) is 0 Å². The number of benzene rings is 1. The Hall–Kier alpha value is -2.32. The molecule has 8 heteroatoms. The number of aromatic nitrogens is 3. The van der Waals surface area contributed by atoms with E-state index >= 15 is 0 Å². The molecule has 2 aromatic heterocycles. The predicted octanol–water partition coefficient (Wildman–Crippen LogP) is 2.65. The number of anilines is 1. The monoisotopic (exact) mass is 345 g/mol. The van der Waals surface area contributed by atoms with E-state index in [1.165, 1.54) is 12.1 Å². The van der Waals surface area contributed by atoms with Crippen molar-refractivity contribution in [3.05, 3.63) is 47.6 Å². The molecule has 0 atom stereocenters. The molecule has 6 nitrogen and oxygen atoms in total. The Balaban J connectivity index is 1.36. The summed E-state index contributed by atoms with van der Waals surface area (Å²) in [7, 11) is 0. The molecule has 1 aliphatic rings. The van der Waals surface area contributed by atoms with Crippen LogP contribution in [0.15, 0.2) is 40.4 Å². The third-order valence-electron chi connectivity index (χ3n) is 3.99. The van der Waals surface area contributed by atoms with E-state index in [0.717, 1.165) is 36.9 Å². The van der Waals surface area contributed by atoms with Crippen LogP contribution in [-0.2, 0) is 6.54 Å². The summed E-state index contributed by atoms with van der Waals surface area (Å²) in [6, 6.07) is 6.08. The third kappa shape index (κ3) is 3.29. The van der Waals surface area contributed by atoms with Crippen molar-refractivity contribution in [2.45, 2.75) is 6.54 Å². The van der Waals surface area contributed by atoms with Gasteiger partial charge in [0.2, 0.25) is 11.7 Å². The maximum absolute atomic E-state index is 13.0. The normalized spacial score (nSPS) is 15.8. The molecule has 0 bridgehead atoms. The van der Waals surface area contributed by atoms with E-state index in [4.69, 9.17) is 4.52 Å². The van der Waals surface area contributed by atoms with E-state index in [-0.39, 0.29) is 5.82 Å². The number of halogens is 1. The van der Waals surface area contributed by atoms with Crippen LogP contribution in [0.3, 0.4) is 0 Å². The van der Waals surface area contributed by atoms with Crippen LogP contribution in [-0.4, -0.2) is 46.2 Å². The van der Waals surface area contributed by atoms with E-state index in [0.29, 0.717) is 18.3 Å². The molecule has 1 saturated heterocycles. The van der Waals surface area contributed by atoms with Gasteiger partial charge in [-0.2, -0.15) is 4.98 Å². The van der Waals surface area contributed by atoms with Gasteiger partial charge in [-0.15, -0.1) is 11.3 Å². The van der Waals surface area contributed by atoms with Gasteiger partial charge in [-0.1, -0.05) is 5.16 Å². The molecule has 3 heterocycles. The fraction of sp³-hybridized carbons (Fsp3) is 0.312. The molecule has 0 radical (unpaired) electrons. The SMILES string of the molecule is Fc1ccc(-c2noc(CN3CCN(c4nccs4)CC3)n2)cc1. The van der Waals surface area contributed by atoms with Crippen molar-refractivity contribution >= 4 is 16.5 Å². The fourth-order valence-corrected chi connectivity index (χ4v) is 3.39. The Morgan fingerprint density at radius 1 is 1.12 bits per heavy atom. The first kappa shape index (κ1) is 15.2. The van der Waals surface area contributed by atoms with E-state index in [1.54, 1.807) is 23.5 Å². The molecule has 0 amide bonds. The highest BCUT2D eigenvalue weighted by molar-refractivity contribution is 7.13. The van der Waals surface area contributed by atoms with Gasteiger partial charge in [0.25, 0.3) is 0 Å². The van der Waals surface area contributed by atoms with Gasteiger partial charge in [-0.05, 0) is 24.3 Å². The van der Waals surface area contributed by atoms with Crippen molar-refractivity contribution in [1.29, 1.82) is 0 Å². The summed E-state index contributed by atoms with van der Waals surface area (Å²) in [4.78, 5) is 13.3. The Morgan fingerprint density at radius 2 is 1.92 bits per heavy atom. The summed E-state index contributed by atoms with van der Waals surface area (Å²) < 4.78 is 18.3. The van der Waals surface area contributed by atoms with E-state index in [1.807, 2.05) is 11.6 Å². The Bertz CT molecular complexity index is 781. The number of hydrogen-bond acceptors (Lipinski definition) is 7. The molecule has 124 valence electrons. The molecule has 0 unspecified atom stereocenters. The summed E-state index contributed by atoms with van der Waals surface area (Å²) in [6.45, 7) is 4.35. The molecular formula is C16H16FN5OS. The predicted molar refractivity (Wildman–Crippen MR) is 89.3 cm³/mol. The minimum atomic E-state index is -0.277. The maximum atomic E-state index is 13.0. The standard InChI is InChI=1S/C16H16FN5OS/c17-13-3-1-12(2-4-13)15-19-14(23-20-15)11-21-6-8-22(9-7-21)16-18-5-10-24-16/h1-5,10H,6-9,11H2. The summed E-state index contributed by atoms with van der Waals surface area (Å²) in [6.07, 6.45) is 1.84. The van der Waals surface area contributed by atoms with Crippen LogP contribution in [0.2, 0.25) is 0 Å². The van der Waals surface area contributed by atoms with Gasteiger partial charge >= 0.3 is 0 Å². The average molecular weight is 345 g/mol. The second kappa shape index (κ2) is 6.66. The number of rotatable bonds is 4. The molecule has 0 spiro atoms. The smallest absolute Gasteiger partial charge is 0.241 e. The lowest BCUT2D eigenvalue weighted by Gasteiger charge is -2.33. The highest BCUT2D eigenvalue weighted by atomic mass is 32.1. The first-order valence-electron chi connectivity index (χ1n) is 7.73. The molecule has 3 aromatic rings. The van der Waals surface area contributed by atoms with Gasteiger partial charge in [0.15, 0.2) is 5.13 Å². The van der Waals surface area contributed by atoms with Crippen LogP contribution in [0.1, 0.15) is 5.89 Å². The second-order valence-corrected chi connectivity index (χ2v) is 6.47. The van der Waals surface area contributed by atoms with Crippen molar-refractivity contribution in [1.82, 2.24) is 20.0 Å². The lowest BCUT2D eigenvalue weighted by Crippen LogP contribution is -2.46. The maximum Gasteiger partial charge on any atom is 0.241 e. The van der Waals surface area contributed by atoms with Gasteiger partial charge in [-0.25, -0.2) is 9.37 Å². The molecule has 1 aliphatic heterocycles.